The van der Waals surface area contributed by atoms with Gasteiger partial charge in [-0.15, -0.1) is 0 Å². The zero-order chi connectivity index (χ0) is 13.7. The number of furan rings is 1. The van der Waals surface area contributed by atoms with Crippen molar-refractivity contribution < 1.29 is 18.7 Å². The van der Waals surface area contributed by atoms with Crippen molar-refractivity contribution in [1.82, 2.24) is 0 Å². The molecule has 1 aromatic carbocycles. The van der Waals surface area contributed by atoms with Crippen LogP contribution < -0.4 is 10.1 Å². The fraction of sp³-hybridized carbons (Fsp3) is 0.143. The molecular formula is C14H13NO4. The van der Waals surface area contributed by atoms with Gasteiger partial charge in [-0.1, -0.05) is 6.07 Å². The Bertz CT molecular complexity index is 575. The monoisotopic (exact) mass is 259 g/mol. The molecule has 0 fully saturated rings. The van der Waals surface area contributed by atoms with E-state index in [0.29, 0.717) is 11.4 Å². The Labute approximate surface area is 110 Å². The van der Waals surface area contributed by atoms with Gasteiger partial charge in [0.1, 0.15) is 5.75 Å². The lowest BCUT2D eigenvalue weighted by molar-refractivity contribution is -0.114. The second kappa shape index (κ2) is 5.86. The molecule has 0 saturated carbocycles. The van der Waals surface area contributed by atoms with Crippen molar-refractivity contribution in [3.8, 4) is 5.75 Å². The van der Waals surface area contributed by atoms with Gasteiger partial charge in [-0.3, -0.25) is 9.59 Å². The topological polar surface area (TPSA) is 68.5 Å². The molecule has 2 rings (SSSR count). The first-order valence-electron chi connectivity index (χ1n) is 5.72. The van der Waals surface area contributed by atoms with Gasteiger partial charge in [0.25, 0.3) is 0 Å². The maximum absolute atomic E-state index is 11.7. The number of benzene rings is 1. The van der Waals surface area contributed by atoms with Crippen LogP contribution >= 0.6 is 0 Å². The van der Waals surface area contributed by atoms with Crippen molar-refractivity contribution >= 4 is 17.4 Å². The summed E-state index contributed by atoms with van der Waals surface area (Å²) in [6.45, 7) is 1.31. The predicted molar refractivity (Wildman–Crippen MR) is 69.3 cm³/mol. The molecule has 1 amide bonds. The van der Waals surface area contributed by atoms with Crippen molar-refractivity contribution in [3.05, 3.63) is 48.4 Å². The third kappa shape index (κ3) is 3.70. The first kappa shape index (κ1) is 12.9. The van der Waals surface area contributed by atoms with Crippen LogP contribution in [0.3, 0.4) is 0 Å². The van der Waals surface area contributed by atoms with Gasteiger partial charge in [0, 0.05) is 18.7 Å². The number of amides is 1. The third-order valence-electron chi connectivity index (χ3n) is 2.32. The van der Waals surface area contributed by atoms with Crippen LogP contribution in [0, 0.1) is 0 Å². The van der Waals surface area contributed by atoms with Gasteiger partial charge in [0.15, 0.2) is 12.4 Å². The maximum Gasteiger partial charge on any atom is 0.235 e. The number of rotatable bonds is 5. The van der Waals surface area contributed by atoms with E-state index >= 15 is 0 Å². The maximum atomic E-state index is 11.7. The Morgan fingerprint density at radius 1 is 1.26 bits per heavy atom. The highest BCUT2D eigenvalue weighted by atomic mass is 16.5. The lowest BCUT2D eigenvalue weighted by atomic mass is 10.3. The van der Waals surface area contributed by atoms with E-state index in [1.165, 1.54) is 13.2 Å². The highest BCUT2D eigenvalue weighted by molar-refractivity contribution is 5.94. The smallest absolute Gasteiger partial charge is 0.235 e. The molecule has 1 heterocycles. The molecule has 1 aromatic heterocycles. The summed E-state index contributed by atoms with van der Waals surface area (Å²) < 4.78 is 10.3. The van der Waals surface area contributed by atoms with E-state index in [1.54, 1.807) is 36.4 Å². The molecule has 19 heavy (non-hydrogen) atoms. The van der Waals surface area contributed by atoms with Gasteiger partial charge >= 0.3 is 0 Å². The number of ketones is 1. The SMILES string of the molecule is CC(=O)Nc1cccc(OCC(=O)c2ccco2)c1. The number of nitrogens with one attached hydrogen (secondary N) is 1. The van der Waals surface area contributed by atoms with E-state index in [-0.39, 0.29) is 24.1 Å². The normalized spacial score (nSPS) is 9.95. The quantitative estimate of drug-likeness (QED) is 0.837. The summed E-state index contributed by atoms with van der Waals surface area (Å²) in [6, 6.07) is 10.1. The molecule has 5 heteroatoms. The fourth-order valence-corrected chi connectivity index (χ4v) is 1.52. The Hall–Kier alpha value is -2.56. The highest BCUT2D eigenvalue weighted by Crippen LogP contribution is 2.17. The van der Waals surface area contributed by atoms with Gasteiger partial charge in [-0.2, -0.15) is 0 Å². The van der Waals surface area contributed by atoms with E-state index in [2.05, 4.69) is 5.32 Å². The minimum Gasteiger partial charge on any atom is -0.485 e. The molecule has 0 atom stereocenters. The molecule has 0 unspecified atom stereocenters. The predicted octanol–water partition coefficient (Wildman–Crippen LogP) is 2.50. The minimum atomic E-state index is -0.241. The summed E-state index contributed by atoms with van der Waals surface area (Å²) >= 11 is 0. The largest absolute Gasteiger partial charge is 0.485 e. The summed E-state index contributed by atoms with van der Waals surface area (Å²) in [5, 5.41) is 2.64. The first-order valence-corrected chi connectivity index (χ1v) is 5.72. The molecule has 1 N–H and O–H groups in total. The van der Waals surface area contributed by atoms with Gasteiger partial charge in [0.05, 0.1) is 6.26 Å². The fourth-order valence-electron chi connectivity index (χ4n) is 1.52. The van der Waals surface area contributed by atoms with Gasteiger partial charge < -0.3 is 14.5 Å². The Kier molecular flexibility index (Phi) is 3.97. The third-order valence-corrected chi connectivity index (χ3v) is 2.32. The second-order valence-corrected chi connectivity index (χ2v) is 3.90. The van der Waals surface area contributed by atoms with Crippen LogP contribution in [-0.2, 0) is 4.79 Å². The van der Waals surface area contributed by atoms with Crippen molar-refractivity contribution in [3.63, 3.8) is 0 Å². The summed E-state index contributed by atoms with van der Waals surface area (Å²) in [5.41, 5.74) is 0.621. The van der Waals surface area contributed by atoms with E-state index in [0.717, 1.165) is 0 Å². The average Bonchev–Trinajstić information content (AvgIpc) is 2.89. The zero-order valence-electron chi connectivity index (χ0n) is 10.4. The van der Waals surface area contributed by atoms with Crippen molar-refractivity contribution in [2.75, 3.05) is 11.9 Å². The number of hydrogen-bond acceptors (Lipinski definition) is 4. The van der Waals surface area contributed by atoms with Crippen molar-refractivity contribution in [2.45, 2.75) is 6.92 Å². The molecule has 0 spiro atoms. The Balaban J connectivity index is 1.96. The van der Waals surface area contributed by atoms with E-state index in [1.807, 2.05) is 0 Å². The second-order valence-electron chi connectivity index (χ2n) is 3.90. The number of ether oxygens (including phenoxy) is 1. The molecular weight excluding hydrogens is 246 g/mol. The molecule has 0 aliphatic rings. The molecule has 2 aromatic rings. The number of carbonyl (C=O) groups is 2. The number of anilines is 1. The van der Waals surface area contributed by atoms with Gasteiger partial charge in [-0.25, -0.2) is 0 Å². The number of carbonyl (C=O) groups excluding carboxylic acids is 2. The van der Waals surface area contributed by atoms with Crippen LogP contribution in [0.2, 0.25) is 0 Å². The first-order chi connectivity index (χ1) is 9.15. The molecule has 0 saturated heterocycles. The van der Waals surface area contributed by atoms with Crippen molar-refractivity contribution in [2.24, 2.45) is 0 Å². The number of Topliss-reactive ketones (excluding diaryl/α,β-unsaturated/α-hetero) is 1. The Morgan fingerprint density at radius 3 is 2.79 bits per heavy atom. The van der Waals surface area contributed by atoms with Crippen molar-refractivity contribution in [1.29, 1.82) is 0 Å². The molecule has 0 bridgehead atoms. The molecule has 98 valence electrons. The van der Waals surface area contributed by atoms with Gasteiger partial charge in [-0.05, 0) is 24.3 Å². The molecule has 5 nitrogen and oxygen atoms in total. The van der Waals surface area contributed by atoms with Crippen LogP contribution in [0.4, 0.5) is 5.69 Å². The summed E-state index contributed by atoms with van der Waals surface area (Å²) in [4.78, 5) is 22.6. The Morgan fingerprint density at radius 2 is 2.11 bits per heavy atom. The average molecular weight is 259 g/mol. The standard InChI is InChI=1S/C14H13NO4/c1-10(16)15-11-4-2-5-12(8-11)19-9-13(17)14-6-3-7-18-14/h2-8H,9H2,1H3,(H,15,16). The lowest BCUT2D eigenvalue weighted by Crippen LogP contribution is -2.11. The minimum absolute atomic E-state index is 0.114. The van der Waals surface area contributed by atoms with E-state index in [9.17, 15) is 9.59 Å². The van der Waals surface area contributed by atoms with E-state index in [4.69, 9.17) is 9.15 Å². The number of hydrogen-bond donors (Lipinski definition) is 1. The molecule has 0 aliphatic carbocycles. The highest BCUT2D eigenvalue weighted by Gasteiger charge is 2.09. The van der Waals surface area contributed by atoms with Crippen LogP contribution in [0.15, 0.2) is 47.1 Å². The van der Waals surface area contributed by atoms with Crippen LogP contribution in [-0.4, -0.2) is 18.3 Å². The summed E-state index contributed by atoms with van der Waals surface area (Å²) in [7, 11) is 0. The summed E-state index contributed by atoms with van der Waals surface area (Å²) in [6.07, 6.45) is 1.44. The van der Waals surface area contributed by atoms with Crippen LogP contribution in [0.25, 0.3) is 0 Å². The van der Waals surface area contributed by atoms with Crippen LogP contribution in [0.1, 0.15) is 17.5 Å². The zero-order valence-corrected chi connectivity index (χ0v) is 10.4. The lowest BCUT2D eigenvalue weighted by Gasteiger charge is -2.07. The van der Waals surface area contributed by atoms with Crippen LogP contribution in [0.5, 0.6) is 5.75 Å². The van der Waals surface area contributed by atoms with E-state index < -0.39 is 0 Å². The molecule has 0 aliphatic heterocycles. The summed E-state index contributed by atoms with van der Waals surface area (Å²) in [5.74, 6) is 0.364. The molecule has 0 radical (unpaired) electrons. The van der Waals surface area contributed by atoms with Gasteiger partial charge in [0.2, 0.25) is 11.7 Å².